The minimum absolute atomic E-state index is 0. The van der Waals surface area contributed by atoms with E-state index in [1.54, 1.807) is 4.90 Å². The van der Waals surface area contributed by atoms with E-state index in [-0.39, 0.29) is 36.0 Å². The number of carbonyl (C=O) groups is 2. The molecule has 0 radical (unpaired) electrons. The molecule has 126 valence electrons. The molecule has 8 heteroatoms. The average Bonchev–Trinajstić information content (AvgIpc) is 2.94. The van der Waals surface area contributed by atoms with Crippen molar-refractivity contribution in [2.75, 3.05) is 37.6 Å². The number of halogens is 2. The molecule has 3 rings (SSSR count). The van der Waals surface area contributed by atoms with Crippen LogP contribution in [-0.4, -0.2) is 55.6 Å². The highest BCUT2D eigenvalue weighted by Gasteiger charge is 2.28. The zero-order valence-electron chi connectivity index (χ0n) is 12.8. The zero-order chi connectivity index (χ0) is 15.7. The highest BCUT2D eigenvalue weighted by Crippen LogP contribution is 2.22. The van der Waals surface area contributed by atoms with Gasteiger partial charge in [0.15, 0.2) is 0 Å². The van der Waals surface area contributed by atoms with Crippen molar-refractivity contribution in [1.29, 1.82) is 0 Å². The molecule has 0 saturated carbocycles. The molecule has 2 fully saturated rings. The Morgan fingerprint density at radius 2 is 2.09 bits per heavy atom. The first-order chi connectivity index (χ1) is 10.6. The molecule has 2 heterocycles. The third-order valence-corrected chi connectivity index (χ3v) is 4.11. The highest BCUT2D eigenvalue weighted by atomic mass is 35.5. The fourth-order valence-corrected chi connectivity index (χ4v) is 2.86. The van der Waals surface area contributed by atoms with E-state index in [1.165, 1.54) is 23.1 Å². The Morgan fingerprint density at radius 3 is 2.74 bits per heavy atom. The van der Waals surface area contributed by atoms with Gasteiger partial charge in [0.25, 0.3) is 5.91 Å². The molecule has 2 aliphatic rings. The number of benzene rings is 1. The van der Waals surface area contributed by atoms with Gasteiger partial charge in [-0.3, -0.25) is 9.69 Å². The topological polar surface area (TPSA) is 64.7 Å². The van der Waals surface area contributed by atoms with Gasteiger partial charge in [0.2, 0.25) is 0 Å². The standard InChI is InChI=1S/C15H19FN4O2.ClH/c1-10-9-17-4-6-19(10)14(21)12-8-11(2-3-13(12)16)20-7-5-18-15(20)22;/h2-3,8,10,17H,4-7,9H2,1H3,(H,18,22);1H/t10-;/m0./s1. The molecule has 2 saturated heterocycles. The Balaban J connectivity index is 0.00000192. The lowest BCUT2D eigenvalue weighted by Crippen LogP contribution is -2.52. The maximum atomic E-state index is 14.1. The minimum atomic E-state index is -0.556. The van der Waals surface area contributed by atoms with Crippen molar-refractivity contribution < 1.29 is 14.0 Å². The molecule has 0 bridgehead atoms. The van der Waals surface area contributed by atoms with Gasteiger partial charge in [-0.05, 0) is 25.1 Å². The van der Waals surface area contributed by atoms with Crippen LogP contribution in [0.2, 0.25) is 0 Å². The number of amides is 3. The Morgan fingerprint density at radius 1 is 1.30 bits per heavy atom. The van der Waals surface area contributed by atoms with Crippen LogP contribution < -0.4 is 15.5 Å². The smallest absolute Gasteiger partial charge is 0.321 e. The van der Waals surface area contributed by atoms with Gasteiger partial charge in [-0.15, -0.1) is 12.4 Å². The molecule has 0 unspecified atom stereocenters. The first-order valence-corrected chi connectivity index (χ1v) is 7.44. The van der Waals surface area contributed by atoms with Crippen LogP contribution in [0, 0.1) is 5.82 Å². The van der Waals surface area contributed by atoms with Crippen LogP contribution in [0.15, 0.2) is 18.2 Å². The second kappa shape index (κ2) is 7.14. The lowest BCUT2D eigenvalue weighted by Gasteiger charge is -2.34. The van der Waals surface area contributed by atoms with Crippen LogP contribution in [0.3, 0.4) is 0 Å². The Labute approximate surface area is 140 Å². The van der Waals surface area contributed by atoms with Gasteiger partial charge >= 0.3 is 6.03 Å². The van der Waals surface area contributed by atoms with Gasteiger partial charge in [0, 0.05) is 44.5 Å². The van der Waals surface area contributed by atoms with Crippen LogP contribution >= 0.6 is 12.4 Å². The molecule has 23 heavy (non-hydrogen) atoms. The van der Waals surface area contributed by atoms with E-state index in [1.807, 2.05) is 6.92 Å². The first kappa shape index (κ1) is 17.5. The van der Waals surface area contributed by atoms with Crippen molar-refractivity contribution >= 4 is 30.0 Å². The maximum absolute atomic E-state index is 14.1. The van der Waals surface area contributed by atoms with E-state index in [0.29, 0.717) is 38.4 Å². The normalized spacial score (nSPS) is 21.0. The Hall–Kier alpha value is -1.86. The van der Waals surface area contributed by atoms with Crippen LogP contribution in [0.5, 0.6) is 0 Å². The maximum Gasteiger partial charge on any atom is 0.321 e. The second-order valence-electron chi connectivity index (χ2n) is 5.60. The summed E-state index contributed by atoms with van der Waals surface area (Å²) in [6, 6.07) is 4.04. The predicted molar refractivity (Wildman–Crippen MR) is 87.8 cm³/mol. The Bertz CT molecular complexity index is 613. The summed E-state index contributed by atoms with van der Waals surface area (Å²) in [7, 11) is 0. The molecule has 0 aliphatic carbocycles. The van der Waals surface area contributed by atoms with Gasteiger partial charge in [-0.1, -0.05) is 0 Å². The summed E-state index contributed by atoms with van der Waals surface area (Å²) < 4.78 is 14.1. The predicted octanol–water partition coefficient (Wildman–Crippen LogP) is 1.21. The number of hydrogen-bond donors (Lipinski definition) is 2. The van der Waals surface area contributed by atoms with Crippen molar-refractivity contribution in [2.45, 2.75) is 13.0 Å². The van der Waals surface area contributed by atoms with Crippen LogP contribution in [0.4, 0.5) is 14.9 Å². The van der Waals surface area contributed by atoms with Gasteiger partial charge < -0.3 is 15.5 Å². The van der Waals surface area contributed by atoms with E-state index < -0.39 is 5.82 Å². The number of anilines is 1. The molecule has 3 amide bonds. The van der Waals surface area contributed by atoms with Gasteiger partial charge in [-0.25, -0.2) is 9.18 Å². The fourth-order valence-electron chi connectivity index (χ4n) is 2.86. The van der Waals surface area contributed by atoms with Gasteiger partial charge in [0.05, 0.1) is 5.56 Å². The third kappa shape index (κ3) is 3.40. The quantitative estimate of drug-likeness (QED) is 0.849. The molecular weight excluding hydrogens is 323 g/mol. The van der Waals surface area contributed by atoms with E-state index in [0.717, 1.165) is 0 Å². The minimum Gasteiger partial charge on any atom is -0.336 e. The van der Waals surface area contributed by atoms with Crippen LogP contribution in [-0.2, 0) is 0 Å². The summed E-state index contributed by atoms with van der Waals surface area (Å²) in [4.78, 5) is 27.5. The molecule has 6 nitrogen and oxygen atoms in total. The number of urea groups is 1. The molecule has 0 spiro atoms. The summed E-state index contributed by atoms with van der Waals surface area (Å²) in [5.41, 5.74) is 0.563. The van der Waals surface area contributed by atoms with Crippen molar-refractivity contribution in [3.63, 3.8) is 0 Å². The van der Waals surface area contributed by atoms with Gasteiger partial charge in [0.1, 0.15) is 5.82 Å². The van der Waals surface area contributed by atoms with E-state index in [9.17, 15) is 14.0 Å². The summed E-state index contributed by atoms with van der Waals surface area (Å²) in [5.74, 6) is -0.882. The molecule has 1 atom stereocenters. The molecular formula is C15H20ClFN4O2. The fraction of sp³-hybridized carbons (Fsp3) is 0.467. The van der Waals surface area contributed by atoms with E-state index >= 15 is 0 Å². The molecule has 0 aromatic heterocycles. The summed E-state index contributed by atoms with van der Waals surface area (Å²) in [6.07, 6.45) is 0. The zero-order valence-corrected chi connectivity index (χ0v) is 13.7. The van der Waals surface area contributed by atoms with Crippen LogP contribution in [0.1, 0.15) is 17.3 Å². The SMILES string of the molecule is C[C@H]1CNCCN1C(=O)c1cc(N2CCNC2=O)ccc1F.Cl. The molecule has 2 aliphatic heterocycles. The Kier molecular flexibility index (Phi) is 5.43. The second-order valence-corrected chi connectivity index (χ2v) is 5.60. The summed E-state index contributed by atoms with van der Waals surface area (Å²) in [6.45, 7) is 4.94. The number of nitrogens with one attached hydrogen (secondary N) is 2. The van der Waals surface area contributed by atoms with Crippen molar-refractivity contribution in [2.24, 2.45) is 0 Å². The number of nitrogens with zero attached hydrogens (tertiary/aromatic N) is 2. The largest absolute Gasteiger partial charge is 0.336 e. The first-order valence-electron chi connectivity index (χ1n) is 7.44. The van der Waals surface area contributed by atoms with Crippen LogP contribution in [0.25, 0.3) is 0 Å². The van der Waals surface area contributed by atoms with Crippen molar-refractivity contribution in [3.05, 3.63) is 29.6 Å². The highest BCUT2D eigenvalue weighted by molar-refractivity contribution is 5.98. The van der Waals surface area contributed by atoms with Gasteiger partial charge in [-0.2, -0.15) is 0 Å². The average molecular weight is 343 g/mol. The molecule has 1 aromatic carbocycles. The lowest BCUT2D eigenvalue weighted by atomic mass is 10.1. The molecule has 2 N–H and O–H groups in total. The number of hydrogen-bond acceptors (Lipinski definition) is 3. The summed E-state index contributed by atoms with van der Waals surface area (Å²) >= 11 is 0. The molecule has 1 aromatic rings. The van der Waals surface area contributed by atoms with E-state index in [4.69, 9.17) is 0 Å². The van der Waals surface area contributed by atoms with Crippen molar-refractivity contribution in [1.82, 2.24) is 15.5 Å². The van der Waals surface area contributed by atoms with Crippen molar-refractivity contribution in [3.8, 4) is 0 Å². The van der Waals surface area contributed by atoms with E-state index in [2.05, 4.69) is 10.6 Å². The lowest BCUT2D eigenvalue weighted by molar-refractivity contribution is 0.0651. The number of rotatable bonds is 2. The number of piperazine rings is 1. The number of carbonyl (C=O) groups excluding carboxylic acids is 2. The summed E-state index contributed by atoms with van der Waals surface area (Å²) in [5, 5.41) is 5.89. The monoisotopic (exact) mass is 342 g/mol. The third-order valence-electron chi connectivity index (χ3n) is 4.11.